The van der Waals surface area contributed by atoms with Gasteiger partial charge in [-0.25, -0.2) is 4.98 Å². The molecule has 4 N–H and O–H groups in total. The molecule has 0 radical (unpaired) electrons. The molecule has 21 heavy (non-hydrogen) atoms. The van der Waals surface area contributed by atoms with E-state index in [1.165, 1.54) is 4.88 Å². The van der Waals surface area contributed by atoms with Gasteiger partial charge in [-0.05, 0) is 38.0 Å². The summed E-state index contributed by atoms with van der Waals surface area (Å²) >= 11 is 1.62. The Hall–Kier alpha value is -1.92. The van der Waals surface area contributed by atoms with Crippen molar-refractivity contribution in [2.75, 3.05) is 5.43 Å². The normalized spacial score (nSPS) is 12.0. The summed E-state index contributed by atoms with van der Waals surface area (Å²) in [7, 11) is 0. The number of aryl methyl sites for hydroxylation is 2. The second kappa shape index (κ2) is 6.69. The first-order valence-corrected chi connectivity index (χ1v) is 7.69. The SMILES string of the molecule is CCc1cnc(C(C)NC(=O)c2ccc(C)cc2NN)s1. The number of hydrogen-bond acceptors (Lipinski definition) is 5. The fourth-order valence-corrected chi connectivity index (χ4v) is 2.86. The maximum Gasteiger partial charge on any atom is 0.253 e. The van der Waals surface area contributed by atoms with E-state index in [1.807, 2.05) is 32.2 Å². The molecule has 0 fully saturated rings. The maximum atomic E-state index is 12.4. The van der Waals surface area contributed by atoms with Crippen molar-refractivity contribution in [2.24, 2.45) is 5.84 Å². The number of aromatic nitrogens is 1. The van der Waals surface area contributed by atoms with Crippen molar-refractivity contribution < 1.29 is 4.79 Å². The van der Waals surface area contributed by atoms with Gasteiger partial charge in [-0.1, -0.05) is 13.0 Å². The van der Waals surface area contributed by atoms with Gasteiger partial charge in [-0.2, -0.15) is 0 Å². The van der Waals surface area contributed by atoms with Gasteiger partial charge in [0, 0.05) is 11.1 Å². The highest BCUT2D eigenvalue weighted by Crippen LogP contribution is 2.22. The quantitative estimate of drug-likeness (QED) is 0.586. The molecule has 6 heteroatoms. The molecule has 0 saturated carbocycles. The number of carbonyl (C=O) groups excluding carboxylic acids is 1. The number of anilines is 1. The fourth-order valence-electron chi connectivity index (χ4n) is 2.00. The molecule has 1 unspecified atom stereocenters. The van der Waals surface area contributed by atoms with Crippen LogP contribution in [0.4, 0.5) is 5.69 Å². The number of thiazole rings is 1. The summed E-state index contributed by atoms with van der Waals surface area (Å²) in [6.07, 6.45) is 2.82. The Kier molecular flexibility index (Phi) is 4.93. The van der Waals surface area contributed by atoms with E-state index < -0.39 is 0 Å². The smallest absolute Gasteiger partial charge is 0.253 e. The molecule has 0 saturated heterocycles. The minimum atomic E-state index is -0.163. The van der Waals surface area contributed by atoms with E-state index >= 15 is 0 Å². The molecule has 1 aromatic carbocycles. The van der Waals surface area contributed by atoms with E-state index in [2.05, 4.69) is 22.7 Å². The zero-order valence-corrected chi connectivity index (χ0v) is 13.3. The van der Waals surface area contributed by atoms with E-state index in [0.29, 0.717) is 11.3 Å². The van der Waals surface area contributed by atoms with Crippen molar-refractivity contribution in [3.05, 3.63) is 45.4 Å². The minimum Gasteiger partial charge on any atom is -0.343 e. The number of nitrogens with zero attached hydrogens (tertiary/aromatic N) is 1. The Bertz CT molecular complexity index is 638. The Labute approximate surface area is 128 Å². The number of carbonyl (C=O) groups is 1. The molecule has 1 aromatic heterocycles. The van der Waals surface area contributed by atoms with Gasteiger partial charge in [0.2, 0.25) is 0 Å². The van der Waals surface area contributed by atoms with Gasteiger partial charge in [0.15, 0.2) is 0 Å². The molecule has 0 aliphatic rings. The van der Waals surface area contributed by atoms with Crippen molar-refractivity contribution >= 4 is 22.9 Å². The summed E-state index contributed by atoms with van der Waals surface area (Å²) in [4.78, 5) is 17.9. The standard InChI is InChI=1S/C15H20N4OS/c1-4-11-8-17-15(21-11)10(3)18-14(20)12-6-5-9(2)7-13(12)19-16/h5-8,10,19H,4,16H2,1-3H3,(H,18,20). The van der Waals surface area contributed by atoms with E-state index in [4.69, 9.17) is 5.84 Å². The topological polar surface area (TPSA) is 80.0 Å². The van der Waals surface area contributed by atoms with Crippen LogP contribution >= 0.6 is 11.3 Å². The van der Waals surface area contributed by atoms with Gasteiger partial charge < -0.3 is 10.7 Å². The number of nitrogens with two attached hydrogens (primary N) is 1. The zero-order valence-electron chi connectivity index (χ0n) is 12.4. The number of hydrogen-bond donors (Lipinski definition) is 3. The molecule has 0 spiro atoms. The van der Waals surface area contributed by atoms with Crippen molar-refractivity contribution in [3.8, 4) is 0 Å². The third-order valence-corrected chi connectivity index (χ3v) is 4.54. The second-order valence-corrected chi connectivity index (χ2v) is 6.05. The average Bonchev–Trinajstić information content (AvgIpc) is 2.95. The first kappa shape index (κ1) is 15.5. The average molecular weight is 304 g/mol. The summed E-state index contributed by atoms with van der Waals surface area (Å²) in [5.41, 5.74) is 4.76. The molecular weight excluding hydrogens is 284 g/mol. The van der Waals surface area contributed by atoms with Crippen molar-refractivity contribution in [3.63, 3.8) is 0 Å². The number of rotatable bonds is 5. The van der Waals surface area contributed by atoms with E-state index in [1.54, 1.807) is 17.4 Å². The number of amides is 1. The molecule has 2 aromatic rings. The van der Waals surface area contributed by atoms with Gasteiger partial charge in [0.05, 0.1) is 17.3 Å². The molecule has 1 atom stereocenters. The minimum absolute atomic E-state index is 0.130. The lowest BCUT2D eigenvalue weighted by Crippen LogP contribution is -2.28. The van der Waals surface area contributed by atoms with E-state index in [9.17, 15) is 4.79 Å². The molecule has 2 rings (SSSR count). The van der Waals surface area contributed by atoms with Gasteiger partial charge in [0.1, 0.15) is 5.01 Å². The molecule has 112 valence electrons. The maximum absolute atomic E-state index is 12.4. The molecule has 1 heterocycles. The predicted octanol–water partition coefficient (Wildman–Crippen LogP) is 2.79. The summed E-state index contributed by atoms with van der Waals surface area (Å²) in [6, 6.07) is 5.37. The second-order valence-electron chi connectivity index (χ2n) is 4.91. The van der Waals surface area contributed by atoms with Gasteiger partial charge in [0.25, 0.3) is 5.91 Å². The van der Waals surface area contributed by atoms with Crippen molar-refractivity contribution in [1.29, 1.82) is 0 Å². The summed E-state index contributed by atoms with van der Waals surface area (Å²) in [5.74, 6) is 5.32. The first-order valence-electron chi connectivity index (χ1n) is 6.87. The Balaban J connectivity index is 2.14. The Morgan fingerprint density at radius 1 is 1.48 bits per heavy atom. The van der Waals surface area contributed by atoms with Crippen molar-refractivity contribution in [1.82, 2.24) is 10.3 Å². The lowest BCUT2D eigenvalue weighted by molar-refractivity contribution is 0.0940. The van der Waals surface area contributed by atoms with Crippen LogP contribution in [0.1, 0.15) is 45.7 Å². The van der Waals surface area contributed by atoms with E-state index in [-0.39, 0.29) is 11.9 Å². The van der Waals surface area contributed by atoms with Crippen LogP contribution in [0, 0.1) is 6.92 Å². The Morgan fingerprint density at radius 2 is 2.24 bits per heavy atom. The largest absolute Gasteiger partial charge is 0.343 e. The third-order valence-electron chi connectivity index (χ3n) is 3.21. The lowest BCUT2D eigenvalue weighted by Gasteiger charge is -2.14. The summed E-state index contributed by atoms with van der Waals surface area (Å²) < 4.78 is 0. The van der Waals surface area contributed by atoms with Crippen LogP contribution < -0.4 is 16.6 Å². The van der Waals surface area contributed by atoms with Crippen molar-refractivity contribution in [2.45, 2.75) is 33.2 Å². The molecular formula is C15H20N4OS. The van der Waals surface area contributed by atoms with Crippen LogP contribution in [0.3, 0.4) is 0 Å². The summed E-state index contributed by atoms with van der Waals surface area (Å²) in [6.45, 7) is 5.97. The molecule has 0 aliphatic carbocycles. The van der Waals surface area contributed by atoms with Gasteiger partial charge in [-0.3, -0.25) is 10.6 Å². The van der Waals surface area contributed by atoms with Gasteiger partial charge in [-0.15, -0.1) is 11.3 Å². The first-order chi connectivity index (χ1) is 10.0. The summed E-state index contributed by atoms with van der Waals surface area (Å²) in [5, 5.41) is 3.87. The van der Waals surface area contributed by atoms with Crippen LogP contribution in [0.5, 0.6) is 0 Å². The zero-order chi connectivity index (χ0) is 15.4. The van der Waals surface area contributed by atoms with Crippen LogP contribution in [0.25, 0.3) is 0 Å². The Morgan fingerprint density at radius 3 is 2.86 bits per heavy atom. The highest BCUT2D eigenvalue weighted by molar-refractivity contribution is 7.11. The number of nitrogen functional groups attached to an aromatic ring is 1. The fraction of sp³-hybridized carbons (Fsp3) is 0.333. The number of benzene rings is 1. The van der Waals surface area contributed by atoms with Crippen LogP contribution in [-0.2, 0) is 6.42 Å². The monoisotopic (exact) mass is 304 g/mol. The van der Waals surface area contributed by atoms with Crippen LogP contribution in [0.2, 0.25) is 0 Å². The molecule has 5 nitrogen and oxygen atoms in total. The highest BCUT2D eigenvalue weighted by atomic mass is 32.1. The van der Waals surface area contributed by atoms with Gasteiger partial charge >= 0.3 is 0 Å². The highest BCUT2D eigenvalue weighted by Gasteiger charge is 2.16. The number of nitrogens with one attached hydrogen (secondary N) is 2. The lowest BCUT2D eigenvalue weighted by atomic mass is 10.1. The van der Waals surface area contributed by atoms with E-state index in [0.717, 1.165) is 17.0 Å². The molecule has 0 bridgehead atoms. The van der Waals surface area contributed by atoms with Crippen LogP contribution in [0.15, 0.2) is 24.4 Å². The predicted molar refractivity (Wildman–Crippen MR) is 86.4 cm³/mol. The number of hydrazine groups is 1. The third kappa shape index (κ3) is 3.59. The molecule has 1 amide bonds. The molecule has 0 aliphatic heterocycles. The van der Waals surface area contributed by atoms with Crippen LogP contribution in [-0.4, -0.2) is 10.9 Å².